The first-order chi connectivity index (χ1) is 20.8. The van der Waals surface area contributed by atoms with E-state index in [1.165, 1.54) is 6.07 Å². The molecule has 1 fully saturated rings. The number of esters is 1. The fourth-order valence-electron chi connectivity index (χ4n) is 4.77. The molecule has 0 aromatic heterocycles. The summed E-state index contributed by atoms with van der Waals surface area (Å²) in [5.41, 5.74) is -0.751. The van der Waals surface area contributed by atoms with Gasteiger partial charge in [-0.15, -0.1) is 0 Å². The number of Topliss-reactive ketones (excluding diaryl/α,β-unsaturated/α-hetero) is 1. The molecule has 44 heavy (non-hydrogen) atoms. The largest absolute Gasteiger partial charge is 0.508 e. The van der Waals surface area contributed by atoms with E-state index in [0.717, 1.165) is 36.4 Å². The zero-order chi connectivity index (χ0) is 32.0. The molecule has 0 radical (unpaired) electrons. The highest BCUT2D eigenvalue weighted by Crippen LogP contribution is 2.44. The fourth-order valence-corrected chi connectivity index (χ4v) is 4.77. The van der Waals surface area contributed by atoms with Crippen LogP contribution in [0.3, 0.4) is 0 Å². The van der Waals surface area contributed by atoms with Crippen molar-refractivity contribution >= 4 is 11.8 Å². The van der Waals surface area contributed by atoms with Crippen LogP contribution < -0.4 is 4.74 Å². The maximum atomic E-state index is 13.6. The first-order valence-electron chi connectivity index (χ1n) is 12.8. The van der Waals surface area contributed by atoms with Gasteiger partial charge in [-0.25, -0.2) is 4.79 Å². The molecule has 0 saturated carbocycles. The molecule has 0 aliphatic carbocycles. The van der Waals surface area contributed by atoms with E-state index in [4.69, 9.17) is 18.9 Å². The average molecular weight is 619 g/mol. The number of ether oxygens (including phenoxy) is 4. The summed E-state index contributed by atoms with van der Waals surface area (Å²) in [6, 6.07) is 6.92. The summed E-state index contributed by atoms with van der Waals surface area (Å²) in [5, 5.41) is 100. The summed E-state index contributed by atoms with van der Waals surface area (Å²) < 4.78 is 22.2. The molecule has 5 rings (SSSR count). The van der Waals surface area contributed by atoms with Crippen molar-refractivity contribution in [1.29, 1.82) is 0 Å². The molecule has 2 heterocycles. The van der Waals surface area contributed by atoms with Gasteiger partial charge in [0.15, 0.2) is 47.2 Å². The van der Waals surface area contributed by atoms with Gasteiger partial charge in [0.1, 0.15) is 53.8 Å². The number of phenolic OH excluding ortho intramolecular Hbond substituents is 7. The van der Waals surface area contributed by atoms with E-state index in [1.807, 2.05) is 0 Å². The Hall–Kier alpha value is -5.00. The number of carbonyl (C=O) groups is 2. The number of rotatable bonds is 6. The first kappa shape index (κ1) is 30.5. The summed E-state index contributed by atoms with van der Waals surface area (Å²) in [4.78, 5) is 26.1. The lowest BCUT2D eigenvalue weighted by atomic mass is 9.92. The number of hydrogen-bond donors (Lipinski definition) is 10. The predicted octanol–water partition coefficient (Wildman–Crippen LogP) is -0.00800. The molecule has 1 saturated heterocycles. The van der Waals surface area contributed by atoms with Crippen LogP contribution in [0.15, 0.2) is 42.5 Å². The minimum Gasteiger partial charge on any atom is -0.508 e. The highest BCUT2D eigenvalue weighted by molar-refractivity contribution is 6.05. The van der Waals surface area contributed by atoms with Crippen LogP contribution in [0.5, 0.6) is 46.0 Å². The van der Waals surface area contributed by atoms with E-state index in [2.05, 4.69) is 0 Å². The van der Waals surface area contributed by atoms with E-state index in [-0.39, 0.29) is 11.3 Å². The van der Waals surface area contributed by atoms with Crippen LogP contribution in [0.4, 0.5) is 0 Å². The number of fused-ring (bicyclic) bond motifs is 1. The van der Waals surface area contributed by atoms with E-state index in [0.29, 0.717) is 0 Å². The third kappa shape index (κ3) is 5.54. The summed E-state index contributed by atoms with van der Waals surface area (Å²) in [5.74, 6) is -7.08. The van der Waals surface area contributed by atoms with Gasteiger partial charge in [0.05, 0.1) is 5.56 Å². The molecule has 7 atom stereocenters. The smallest absolute Gasteiger partial charge is 0.338 e. The molecule has 0 bridgehead atoms. The normalized spacial score (nSPS) is 26.4. The predicted molar refractivity (Wildman–Crippen MR) is 141 cm³/mol. The molecule has 2 aliphatic heterocycles. The minimum absolute atomic E-state index is 0.0592. The van der Waals surface area contributed by atoms with Crippen molar-refractivity contribution in [2.45, 2.75) is 42.9 Å². The van der Waals surface area contributed by atoms with Gasteiger partial charge in [-0.05, 0) is 29.8 Å². The zero-order valence-electron chi connectivity index (χ0n) is 22.2. The lowest BCUT2D eigenvalue weighted by molar-refractivity contribution is -0.311. The number of hydrogen-bond acceptors (Lipinski definition) is 16. The van der Waals surface area contributed by atoms with Crippen molar-refractivity contribution in [1.82, 2.24) is 0 Å². The van der Waals surface area contributed by atoms with Crippen LogP contribution in [-0.4, -0.2) is 106 Å². The number of carbonyl (C=O) groups excluding carboxylic acids is 2. The van der Waals surface area contributed by atoms with E-state index >= 15 is 0 Å². The van der Waals surface area contributed by atoms with Crippen LogP contribution in [0.25, 0.3) is 0 Å². The van der Waals surface area contributed by atoms with Crippen molar-refractivity contribution in [2.75, 3.05) is 6.61 Å². The number of phenols is 7. The molecule has 16 nitrogen and oxygen atoms in total. The molecule has 7 unspecified atom stereocenters. The maximum Gasteiger partial charge on any atom is 0.338 e. The fraction of sp³-hybridized carbons (Fsp3) is 0.286. The van der Waals surface area contributed by atoms with Crippen LogP contribution >= 0.6 is 0 Å². The topological polar surface area (TPSA) is 273 Å². The number of benzene rings is 3. The van der Waals surface area contributed by atoms with Gasteiger partial charge < -0.3 is 70.0 Å². The van der Waals surface area contributed by atoms with E-state index in [1.54, 1.807) is 0 Å². The Balaban J connectivity index is 1.41. The summed E-state index contributed by atoms with van der Waals surface area (Å²) in [7, 11) is 0. The summed E-state index contributed by atoms with van der Waals surface area (Å²) in [6.45, 7) is -0.778. The Kier molecular flexibility index (Phi) is 8.02. The van der Waals surface area contributed by atoms with Crippen molar-refractivity contribution in [2.24, 2.45) is 0 Å². The highest BCUT2D eigenvalue weighted by atomic mass is 16.7. The second kappa shape index (κ2) is 11.6. The van der Waals surface area contributed by atoms with Gasteiger partial charge in [0.25, 0.3) is 0 Å². The Labute approximate surface area is 246 Å². The molecule has 0 spiro atoms. The van der Waals surface area contributed by atoms with Gasteiger partial charge in [0, 0.05) is 12.1 Å². The second-order valence-corrected chi connectivity index (χ2v) is 10.0. The monoisotopic (exact) mass is 618 g/mol. The molecule has 3 aromatic carbocycles. The lowest BCUT2D eigenvalue weighted by Gasteiger charge is -2.42. The first-order valence-corrected chi connectivity index (χ1v) is 12.8. The molecular formula is C28H26O16. The van der Waals surface area contributed by atoms with Crippen molar-refractivity contribution in [3.63, 3.8) is 0 Å². The second-order valence-electron chi connectivity index (χ2n) is 10.0. The standard InChI is InChI=1S/C28H26O16/c29-11-6-14(32)19-17(7-11)42-25(9-1-2-12(30)13(31)3-9)26(22(19)37)44-28-24(39)23(38)21(36)18(43-28)8-41-27(40)10-4-15(33)20(35)16(34)5-10/h1-7,18,21,23-26,28-36,38-39H,8H2. The molecule has 2 aliphatic rings. The Bertz CT molecular complexity index is 1580. The van der Waals surface area contributed by atoms with Crippen molar-refractivity contribution in [3.05, 3.63) is 59.2 Å². The van der Waals surface area contributed by atoms with Gasteiger partial charge in [0.2, 0.25) is 5.78 Å². The average Bonchev–Trinajstić information content (AvgIpc) is 2.97. The third-order valence-corrected chi connectivity index (χ3v) is 7.06. The molecule has 10 N–H and O–H groups in total. The molecule has 0 amide bonds. The molecule has 3 aromatic rings. The molecule has 234 valence electrons. The van der Waals surface area contributed by atoms with Gasteiger partial charge in [-0.1, -0.05) is 6.07 Å². The number of aromatic hydroxyl groups is 7. The SMILES string of the molecule is O=C(OCC1OC(OC2C(=O)c3c(O)cc(O)cc3OC2c2ccc(O)c(O)c2)C(O)C(O)C1O)c1cc(O)c(O)c(O)c1. The maximum absolute atomic E-state index is 13.6. The quantitative estimate of drug-likeness (QED) is 0.128. The van der Waals surface area contributed by atoms with Gasteiger partial charge in [-0.2, -0.15) is 0 Å². The van der Waals surface area contributed by atoms with E-state index < -0.39 is 113 Å². The van der Waals surface area contributed by atoms with Crippen LogP contribution in [0.1, 0.15) is 32.4 Å². The Morgan fingerprint density at radius 3 is 2.11 bits per heavy atom. The summed E-state index contributed by atoms with van der Waals surface area (Å²) in [6.07, 6.45) is -12.5. The van der Waals surface area contributed by atoms with E-state index in [9.17, 15) is 60.7 Å². The zero-order valence-corrected chi connectivity index (χ0v) is 22.2. The molecular weight excluding hydrogens is 592 g/mol. The summed E-state index contributed by atoms with van der Waals surface area (Å²) >= 11 is 0. The third-order valence-electron chi connectivity index (χ3n) is 7.06. The number of ketones is 1. The lowest BCUT2D eigenvalue weighted by Crippen LogP contribution is -2.60. The van der Waals surface area contributed by atoms with Crippen LogP contribution in [-0.2, 0) is 14.2 Å². The Morgan fingerprint density at radius 1 is 0.773 bits per heavy atom. The van der Waals surface area contributed by atoms with Crippen LogP contribution in [0, 0.1) is 0 Å². The van der Waals surface area contributed by atoms with Crippen molar-refractivity contribution < 1.29 is 79.6 Å². The van der Waals surface area contributed by atoms with Gasteiger partial charge in [-0.3, -0.25) is 4.79 Å². The van der Waals surface area contributed by atoms with Gasteiger partial charge >= 0.3 is 5.97 Å². The minimum atomic E-state index is -1.99. The molecule has 16 heteroatoms. The van der Waals surface area contributed by atoms with Crippen molar-refractivity contribution in [3.8, 4) is 46.0 Å². The van der Waals surface area contributed by atoms with Crippen LogP contribution in [0.2, 0.25) is 0 Å². The Morgan fingerprint density at radius 2 is 1.45 bits per heavy atom. The highest BCUT2D eigenvalue weighted by Gasteiger charge is 2.49. The number of aliphatic hydroxyl groups excluding tert-OH is 3. The number of aliphatic hydroxyl groups is 3.